The molecule has 0 aromatic heterocycles. The number of carboxylic acids is 1. The first-order valence-corrected chi connectivity index (χ1v) is 6.09. The van der Waals surface area contributed by atoms with Crippen molar-refractivity contribution in [3.63, 3.8) is 0 Å². The number of carboxylic acid groups (broad SMARTS) is 1. The third kappa shape index (κ3) is 2.78. The highest BCUT2D eigenvalue weighted by Gasteiger charge is 2.21. The number of fused-ring (bicyclic) bond motifs is 1. The number of carbonyl (C=O) groups is 1. The van der Waals surface area contributed by atoms with Gasteiger partial charge in [0.1, 0.15) is 5.75 Å². The predicted molar refractivity (Wildman–Crippen MR) is 65.5 cm³/mol. The Hall–Kier alpha value is -1.51. The van der Waals surface area contributed by atoms with E-state index in [1.54, 1.807) is 7.11 Å². The van der Waals surface area contributed by atoms with Crippen molar-refractivity contribution in [2.24, 2.45) is 0 Å². The average Bonchev–Trinajstić information content (AvgIpc) is 2.35. The first-order valence-electron chi connectivity index (χ1n) is 6.09. The lowest BCUT2D eigenvalue weighted by Gasteiger charge is -2.25. The van der Waals surface area contributed by atoms with Crippen molar-refractivity contribution in [3.8, 4) is 5.75 Å². The number of rotatable bonds is 4. The molecule has 0 bridgehead atoms. The predicted octanol–water partition coefficient (Wildman–Crippen LogP) is 2.98. The highest BCUT2D eigenvalue weighted by atomic mass is 16.5. The van der Waals surface area contributed by atoms with Crippen LogP contribution in [0.1, 0.15) is 42.7 Å². The van der Waals surface area contributed by atoms with Gasteiger partial charge in [0, 0.05) is 6.42 Å². The van der Waals surface area contributed by atoms with Crippen LogP contribution in [0.15, 0.2) is 18.2 Å². The maximum atomic E-state index is 10.6. The topological polar surface area (TPSA) is 46.5 Å². The summed E-state index contributed by atoms with van der Waals surface area (Å²) < 4.78 is 5.22. The number of ether oxygens (including phenoxy) is 1. The fraction of sp³-hybridized carbons (Fsp3) is 0.500. The number of methoxy groups -OCH3 is 1. The molecule has 0 fully saturated rings. The molecule has 0 heterocycles. The monoisotopic (exact) mass is 234 g/mol. The van der Waals surface area contributed by atoms with E-state index in [9.17, 15) is 4.79 Å². The SMILES string of the molecule is COc1ccc2c(c1)CCC[C@H]2CCC(=O)O. The van der Waals surface area contributed by atoms with Gasteiger partial charge in [-0.1, -0.05) is 6.07 Å². The van der Waals surface area contributed by atoms with Gasteiger partial charge in [-0.25, -0.2) is 0 Å². The number of hydrogen-bond donors (Lipinski definition) is 1. The normalized spacial score (nSPS) is 18.5. The van der Waals surface area contributed by atoms with Crippen LogP contribution in [-0.4, -0.2) is 18.2 Å². The molecular formula is C14H18O3. The summed E-state index contributed by atoms with van der Waals surface area (Å²) in [5, 5.41) is 8.75. The first kappa shape index (κ1) is 12.0. The maximum absolute atomic E-state index is 10.6. The van der Waals surface area contributed by atoms with Gasteiger partial charge in [-0.05, 0) is 54.9 Å². The molecule has 0 aliphatic heterocycles. The molecule has 3 nitrogen and oxygen atoms in total. The molecule has 1 atom stereocenters. The van der Waals surface area contributed by atoms with Crippen molar-refractivity contribution in [2.45, 2.75) is 38.0 Å². The molecule has 0 amide bonds. The summed E-state index contributed by atoms with van der Waals surface area (Å²) in [5.74, 6) is 0.592. The summed E-state index contributed by atoms with van der Waals surface area (Å²) >= 11 is 0. The average molecular weight is 234 g/mol. The molecule has 1 aliphatic rings. The zero-order valence-electron chi connectivity index (χ0n) is 10.1. The van der Waals surface area contributed by atoms with Crippen molar-refractivity contribution >= 4 is 5.97 Å². The van der Waals surface area contributed by atoms with Crippen LogP contribution in [-0.2, 0) is 11.2 Å². The Morgan fingerprint density at radius 3 is 3.06 bits per heavy atom. The van der Waals surface area contributed by atoms with Crippen molar-refractivity contribution in [2.75, 3.05) is 7.11 Å². The van der Waals surface area contributed by atoms with Crippen LogP contribution in [0.5, 0.6) is 5.75 Å². The number of benzene rings is 1. The van der Waals surface area contributed by atoms with E-state index >= 15 is 0 Å². The second-order valence-corrected chi connectivity index (χ2v) is 4.59. The third-order valence-corrected chi connectivity index (χ3v) is 3.50. The lowest BCUT2D eigenvalue weighted by atomic mass is 9.80. The minimum absolute atomic E-state index is 0.260. The van der Waals surface area contributed by atoms with Gasteiger partial charge in [-0.2, -0.15) is 0 Å². The first-order chi connectivity index (χ1) is 8.20. The van der Waals surface area contributed by atoms with Gasteiger partial charge >= 0.3 is 5.97 Å². The summed E-state index contributed by atoms with van der Waals surface area (Å²) in [6, 6.07) is 6.15. The molecule has 17 heavy (non-hydrogen) atoms. The highest BCUT2D eigenvalue weighted by Crippen LogP contribution is 2.36. The second-order valence-electron chi connectivity index (χ2n) is 4.59. The van der Waals surface area contributed by atoms with Gasteiger partial charge in [0.15, 0.2) is 0 Å². The van der Waals surface area contributed by atoms with Crippen LogP contribution in [0, 0.1) is 0 Å². The standard InChI is InChI=1S/C14H18O3/c1-17-12-6-7-13-10(5-8-14(15)16)3-2-4-11(13)9-12/h6-7,9-10H,2-5,8H2,1H3,(H,15,16)/t10-/m0/s1. The van der Waals surface area contributed by atoms with E-state index in [0.717, 1.165) is 31.4 Å². The Balaban J connectivity index is 2.16. The van der Waals surface area contributed by atoms with E-state index in [1.165, 1.54) is 11.1 Å². The van der Waals surface area contributed by atoms with Crippen LogP contribution in [0.2, 0.25) is 0 Å². The maximum Gasteiger partial charge on any atom is 0.303 e. The minimum atomic E-state index is -0.703. The van der Waals surface area contributed by atoms with E-state index < -0.39 is 5.97 Å². The van der Waals surface area contributed by atoms with Gasteiger partial charge < -0.3 is 9.84 Å². The Bertz CT molecular complexity index is 412. The smallest absolute Gasteiger partial charge is 0.303 e. The summed E-state index contributed by atoms with van der Waals surface area (Å²) in [4.78, 5) is 10.6. The molecule has 1 N–H and O–H groups in total. The summed E-state index contributed by atoms with van der Waals surface area (Å²) in [5.41, 5.74) is 2.64. The largest absolute Gasteiger partial charge is 0.497 e. The summed E-state index contributed by atoms with van der Waals surface area (Å²) in [6.45, 7) is 0. The number of aryl methyl sites for hydroxylation is 1. The van der Waals surface area contributed by atoms with Crippen molar-refractivity contribution in [1.29, 1.82) is 0 Å². The zero-order valence-corrected chi connectivity index (χ0v) is 10.1. The fourth-order valence-electron chi connectivity index (χ4n) is 2.62. The van der Waals surface area contributed by atoms with Crippen LogP contribution < -0.4 is 4.74 Å². The Morgan fingerprint density at radius 2 is 2.35 bits per heavy atom. The van der Waals surface area contributed by atoms with Gasteiger partial charge in [0.05, 0.1) is 7.11 Å². The highest BCUT2D eigenvalue weighted by molar-refractivity contribution is 5.66. The molecule has 0 saturated heterocycles. The molecular weight excluding hydrogens is 216 g/mol. The molecule has 3 heteroatoms. The minimum Gasteiger partial charge on any atom is -0.497 e. The Labute approximate surface area is 101 Å². The van der Waals surface area contributed by atoms with Crippen molar-refractivity contribution in [1.82, 2.24) is 0 Å². The molecule has 92 valence electrons. The lowest BCUT2D eigenvalue weighted by molar-refractivity contribution is -0.137. The summed E-state index contributed by atoms with van der Waals surface area (Å²) in [7, 11) is 1.67. The van der Waals surface area contributed by atoms with Crippen LogP contribution in [0.3, 0.4) is 0 Å². The van der Waals surface area contributed by atoms with Crippen molar-refractivity contribution in [3.05, 3.63) is 29.3 Å². The second kappa shape index (κ2) is 5.21. The van der Waals surface area contributed by atoms with Gasteiger partial charge in [-0.15, -0.1) is 0 Å². The molecule has 0 unspecified atom stereocenters. The number of hydrogen-bond acceptors (Lipinski definition) is 2. The van der Waals surface area contributed by atoms with E-state index in [4.69, 9.17) is 9.84 Å². The van der Waals surface area contributed by atoms with Crippen LogP contribution >= 0.6 is 0 Å². The van der Waals surface area contributed by atoms with Crippen LogP contribution in [0.25, 0.3) is 0 Å². The van der Waals surface area contributed by atoms with E-state index in [2.05, 4.69) is 12.1 Å². The number of aliphatic carboxylic acids is 1. The molecule has 2 rings (SSSR count). The summed E-state index contributed by atoms with van der Waals surface area (Å²) in [6.07, 6.45) is 4.33. The Kier molecular flexibility index (Phi) is 3.67. The molecule has 0 spiro atoms. The van der Waals surface area contributed by atoms with E-state index in [1.807, 2.05) is 6.07 Å². The molecule has 1 aromatic carbocycles. The van der Waals surface area contributed by atoms with Gasteiger partial charge in [-0.3, -0.25) is 4.79 Å². The molecule has 1 aromatic rings. The van der Waals surface area contributed by atoms with E-state index in [-0.39, 0.29) is 6.42 Å². The van der Waals surface area contributed by atoms with Gasteiger partial charge in [0.2, 0.25) is 0 Å². The fourth-order valence-corrected chi connectivity index (χ4v) is 2.62. The van der Waals surface area contributed by atoms with E-state index in [0.29, 0.717) is 5.92 Å². The van der Waals surface area contributed by atoms with Gasteiger partial charge in [0.25, 0.3) is 0 Å². The Morgan fingerprint density at radius 1 is 1.53 bits per heavy atom. The third-order valence-electron chi connectivity index (χ3n) is 3.50. The quantitative estimate of drug-likeness (QED) is 0.871. The molecule has 1 aliphatic carbocycles. The van der Waals surface area contributed by atoms with Crippen LogP contribution in [0.4, 0.5) is 0 Å². The molecule has 0 radical (unpaired) electrons. The zero-order chi connectivity index (χ0) is 12.3. The molecule has 0 saturated carbocycles. The lowest BCUT2D eigenvalue weighted by Crippen LogP contribution is -2.11. The van der Waals surface area contributed by atoms with Crippen molar-refractivity contribution < 1.29 is 14.6 Å².